The van der Waals surface area contributed by atoms with Gasteiger partial charge in [-0.3, -0.25) is 4.79 Å². The van der Waals surface area contributed by atoms with Gasteiger partial charge in [0.2, 0.25) is 5.91 Å². The molecule has 2 fully saturated rings. The number of hydrogen-bond donors (Lipinski definition) is 0. The van der Waals surface area contributed by atoms with Crippen LogP contribution in [0.2, 0.25) is 0 Å². The van der Waals surface area contributed by atoms with Crippen molar-refractivity contribution >= 4 is 5.91 Å². The van der Waals surface area contributed by atoms with Crippen molar-refractivity contribution in [1.29, 1.82) is 0 Å². The molecule has 1 atom stereocenters. The van der Waals surface area contributed by atoms with Crippen LogP contribution in [-0.2, 0) is 11.2 Å². The summed E-state index contributed by atoms with van der Waals surface area (Å²) < 4.78 is 0. The van der Waals surface area contributed by atoms with Crippen LogP contribution in [0.4, 0.5) is 0 Å². The number of hydrogen-bond acceptors (Lipinski definition) is 3. The minimum absolute atomic E-state index is 0.229. The Kier molecular flexibility index (Phi) is 7.31. The highest BCUT2D eigenvalue weighted by atomic mass is 16.2. The fourth-order valence-electron chi connectivity index (χ4n) is 4.85. The summed E-state index contributed by atoms with van der Waals surface area (Å²) in [6.07, 6.45) is 6.10. The van der Waals surface area contributed by atoms with Gasteiger partial charge < -0.3 is 14.7 Å². The zero-order valence-electron chi connectivity index (χ0n) is 17.5. The molecule has 0 aliphatic carbocycles. The second kappa shape index (κ2) is 9.70. The van der Waals surface area contributed by atoms with Crippen LogP contribution in [0.3, 0.4) is 0 Å². The maximum atomic E-state index is 11.5. The molecule has 27 heavy (non-hydrogen) atoms. The van der Waals surface area contributed by atoms with Gasteiger partial charge in [0, 0.05) is 45.7 Å². The second-order valence-corrected chi connectivity index (χ2v) is 8.66. The Bertz CT molecular complexity index is 609. The lowest BCUT2D eigenvalue weighted by Crippen LogP contribution is -2.48. The molecule has 2 saturated heterocycles. The van der Waals surface area contributed by atoms with Gasteiger partial charge in [0.05, 0.1) is 0 Å². The quantitative estimate of drug-likeness (QED) is 0.768. The molecule has 1 aromatic rings. The summed E-state index contributed by atoms with van der Waals surface area (Å²) in [5.41, 5.74) is 2.91. The number of aryl methyl sites for hydroxylation is 1. The lowest BCUT2D eigenvalue weighted by Gasteiger charge is -2.40. The van der Waals surface area contributed by atoms with Crippen molar-refractivity contribution in [3.63, 3.8) is 0 Å². The average Bonchev–Trinajstić information content (AvgIpc) is 2.68. The standard InChI is InChI=1S/C23H37N3O/c1-19-7-4-5-9-22(19)10-14-25-13-6-8-21(18-25)17-24(3)23-11-15-26(16-12-23)20(2)27/h4-5,7,9,21,23H,6,8,10-18H2,1-3H3/t21-/m1/s1. The number of piperidine rings is 2. The number of rotatable bonds is 6. The van der Waals surface area contributed by atoms with E-state index in [1.807, 2.05) is 4.90 Å². The second-order valence-electron chi connectivity index (χ2n) is 8.66. The fraction of sp³-hybridized carbons (Fsp3) is 0.696. The molecular weight excluding hydrogens is 334 g/mol. The van der Waals surface area contributed by atoms with Crippen LogP contribution < -0.4 is 0 Å². The summed E-state index contributed by atoms with van der Waals surface area (Å²) >= 11 is 0. The molecule has 0 unspecified atom stereocenters. The largest absolute Gasteiger partial charge is 0.343 e. The number of amides is 1. The third kappa shape index (κ3) is 5.79. The Morgan fingerprint density at radius 1 is 1.15 bits per heavy atom. The minimum atomic E-state index is 0.229. The Morgan fingerprint density at radius 3 is 2.59 bits per heavy atom. The monoisotopic (exact) mass is 371 g/mol. The van der Waals surface area contributed by atoms with Crippen molar-refractivity contribution in [3.05, 3.63) is 35.4 Å². The first kappa shape index (κ1) is 20.3. The van der Waals surface area contributed by atoms with Crippen LogP contribution in [0, 0.1) is 12.8 Å². The molecular formula is C23H37N3O. The normalized spacial score (nSPS) is 22.4. The molecule has 1 aromatic carbocycles. The smallest absolute Gasteiger partial charge is 0.219 e. The van der Waals surface area contributed by atoms with E-state index in [-0.39, 0.29) is 5.91 Å². The third-order valence-corrected chi connectivity index (χ3v) is 6.64. The summed E-state index contributed by atoms with van der Waals surface area (Å²) in [7, 11) is 2.29. The highest BCUT2D eigenvalue weighted by molar-refractivity contribution is 5.73. The lowest BCUT2D eigenvalue weighted by molar-refractivity contribution is -0.130. The topological polar surface area (TPSA) is 26.8 Å². The molecule has 0 aromatic heterocycles. The number of nitrogens with zero attached hydrogens (tertiary/aromatic N) is 3. The molecule has 1 amide bonds. The van der Waals surface area contributed by atoms with Crippen molar-refractivity contribution in [2.45, 2.75) is 52.0 Å². The van der Waals surface area contributed by atoms with Crippen molar-refractivity contribution in [2.75, 3.05) is 46.3 Å². The van der Waals surface area contributed by atoms with Crippen molar-refractivity contribution < 1.29 is 4.79 Å². The Balaban J connectivity index is 1.43. The van der Waals surface area contributed by atoms with E-state index in [2.05, 4.69) is 48.0 Å². The van der Waals surface area contributed by atoms with Crippen molar-refractivity contribution in [1.82, 2.24) is 14.7 Å². The van der Waals surface area contributed by atoms with Crippen molar-refractivity contribution in [3.8, 4) is 0 Å². The first-order valence-corrected chi connectivity index (χ1v) is 10.8. The van der Waals surface area contributed by atoms with E-state index in [9.17, 15) is 4.79 Å². The molecule has 0 N–H and O–H groups in total. The highest BCUT2D eigenvalue weighted by Gasteiger charge is 2.27. The highest BCUT2D eigenvalue weighted by Crippen LogP contribution is 2.22. The number of carbonyl (C=O) groups excluding carboxylic acids is 1. The average molecular weight is 372 g/mol. The number of likely N-dealkylation sites (tertiary alicyclic amines) is 2. The number of carbonyl (C=O) groups is 1. The van der Waals surface area contributed by atoms with E-state index >= 15 is 0 Å². The summed E-state index contributed by atoms with van der Waals surface area (Å²) in [6.45, 7) is 10.6. The van der Waals surface area contributed by atoms with Crippen LogP contribution in [0.5, 0.6) is 0 Å². The van der Waals surface area contributed by atoms with Gasteiger partial charge in [-0.2, -0.15) is 0 Å². The summed E-state index contributed by atoms with van der Waals surface area (Å²) in [4.78, 5) is 18.8. The van der Waals surface area contributed by atoms with Gasteiger partial charge in [0.1, 0.15) is 0 Å². The van der Waals surface area contributed by atoms with Crippen LogP contribution >= 0.6 is 0 Å². The van der Waals surface area contributed by atoms with E-state index in [4.69, 9.17) is 0 Å². The zero-order chi connectivity index (χ0) is 19.2. The molecule has 2 heterocycles. The minimum Gasteiger partial charge on any atom is -0.343 e. The van der Waals surface area contributed by atoms with E-state index in [1.54, 1.807) is 6.92 Å². The molecule has 4 nitrogen and oxygen atoms in total. The molecule has 0 radical (unpaired) electrons. The molecule has 150 valence electrons. The van der Waals surface area contributed by atoms with Gasteiger partial charge >= 0.3 is 0 Å². The van der Waals surface area contributed by atoms with Gasteiger partial charge in [-0.25, -0.2) is 0 Å². The molecule has 2 aliphatic rings. The van der Waals surface area contributed by atoms with Crippen LogP contribution in [0.1, 0.15) is 43.7 Å². The first-order valence-electron chi connectivity index (χ1n) is 10.8. The summed E-state index contributed by atoms with van der Waals surface area (Å²) in [5.74, 6) is 1.01. The van der Waals surface area contributed by atoms with E-state index < -0.39 is 0 Å². The molecule has 4 heteroatoms. The summed E-state index contributed by atoms with van der Waals surface area (Å²) in [5, 5.41) is 0. The zero-order valence-corrected chi connectivity index (χ0v) is 17.5. The van der Waals surface area contributed by atoms with Gasteiger partial charge in [0.15, 0.2) is 0 Å². The van der Waals surface area contributed by atoms with Gasteiger partial charge in [-0.05, 0) is 69.7 Å². The van der Waals surface area contributed by atoms with Crippen LogP contribution in [0.25, 0.3) is 0 Å². The predicted octanol–water partition coefficient (Wildman–Crippen LogP) is 3.19. The fourth-order valence-corrected chi connectivity index (χ4v) is 4.85. The van der Waals surface area contributed by atoms with Gasteiger partial charge in [0.25, 0.3) is 0 Å². The molecule has 0 saturated carbocycles. The first-order chi connectivity index (χ1) is 13.0. The molecule has 2 aliphatic heterocycles. The van der Waals surface area contributed by atoms with Crippen LogP contribution in [-0.4, -0.2) is 73.0 Å². The molecule has 3 rings (SSSR count). The van der Waals surface area contributed by atoms with Crippen LogP contribution in [0.15, 0.2) is 24.3 Å². The van der Waals surface area contributed by atoms with E-state index in [0.29, 0.717) is 6.04 Å². The maximum absolute atomic E-state index is 11.5. The summed E-state index contributed by atoms with van der Waals surface area (Å²) in [6, 6.07) is 9.43. The number of benzene rings is 1. The Labute approximate surface area is 165 Å². The SMILES string of the molecule is CC(=O)N1CCC(N(C)C[C@H]2CCCN(CCc3ccccc3C)C2)CC1. The maximum Gasteiger partial charge on any atom is 0.219 e. The predicted molar refractivity (Wildman–Crippen MR) is 112 cm³/mol. The van der Waals surface area contributed by atoms with Gasteiger partial charge in [-0.1, -0.05) is 24.3 Å². The van der Waals surface area contributed by atoms with Crippen molar-refractivity contribution in [2.24, 2.45) is 5.92 Å². The lowest BCUT2D eigenvalue weighted by atomic mass is 9.95. The van der Waals surface area contributed by atoms with E-state index in [1.165, 1.54) is 56.6 Å². The Hall–Kier alpha value is -1.39. The molecule has 0 bridgehead atoms. The van der Waals surface area contributed by atoms with E-state index in [0.717, 1.165) is 31.8 Å². The van der Waals surface area contributed by atoms with Gasteiger partial charge in [-0.15, -0.1) is 0 Å². The Morgan fingerprint density at radius 2 is 1.89 bits per heavy atom. The third-order valence-electron chi connectivity index (χ3n) is 6.64. The molecule has 0 spiro atoms.